The normalized spacial score (nSPS) is 19.3. The van der Waals surface area contributed by atoms with Crippen LogP contribution in [0.15, 0.2) is 6.33 Å². The number of hydrogen-bond acceptors (Lipinski definition) is 5. The maximum Gasteiger partial charge on any atom is 0.244 e. The van der Waals surface area contributed by atoms with E-state index < -0.39 is 0 Å². The summed E-state index contributed by atoms with van der Waals surface area (Å²) in [4.78, 5) is 22.2. The van der Waals surface area contributed by atoms with Gasteiger partial charge in [-0.05, 0) is 6.42 Å². The van der Waals surface area contributed by atoms with E-state index in [2.05, 4.69) is 15.3 Å². The Morgan fingerprint density at radius 2 is 2.42 bits per heavy atom. The SMILES string of the molecule is CCc1c(Cl)ncnc1N1CCOCC1C(=O)NC. The highest BCUT2D eigenvalue weighted by atomic mass is 35.5. The molecule has 1 fully saturated rings. The zero-order valence-electron chi connectivity index (χ0n) is 11.0. The van der Waals surface area contributed by atoms with E-state index in [1.807, 2.05) is 11.8 Å². The number of hydrogen-bond donors (Lipinski definition) is 1. The van der Waals surface area contributed by atoms with Gasteiger partial charge in [0.15, 0.2) is 0 Å². The molecule has 19 heavy (non-hydrogen) atoms. The summed E-state index contributed by atoms with van der Waals surface area (Å²) in [7, 11) is 1.61. The molecule has 1 N–H and O–H groups in total. The van der Waals surface area contributed by atoms with Gasteiger partial charge in [0, 0.05) is 19.2 Å². The summed E-state index contributed by atoms with van der Waals surface area (Å²) in [6.45, 7) is 3.52. The zero-order valence-corrected chi connectivity index (χ0v) is 11.8. The maximum absolute atomic E-state index is 11.9. The number of ether oxygens (including phenoxy) is 1. The van der Waals surface area contributed by atoms with E-state index in [1.165, 1.54) is 6.33 Å². The maximum atomic E-state index is 11.9. The second kappa shape index (κ2) is 6.16. The molecule has 0 bridgehead atoms. The van der Waals surface area contributed by atoms with E-state index in [0.717, 1.165) is 11.4 Å². The van der Waals surface area contributed by atoms with Gasteiger partial charge in [-0.3, -0.25) is 4.79 Å². The fourth-order valence-corrected chi connectivity index (χ4v) is 2.44. The van der Waals surface area contributed by atoms with Crippen LogP contribution >= 0.6 is 11.6 Å². The molecule has 0 saturated carbocycles. The Balaban J connectivity index is 2.37. The van der Waals surface area contributed by atoms with Crippen molar-refractivity contribution in [3.63, 3.8) is 0 Å². The first kappa shape index (κ1) is 14.0. The van der Waals surface area contributed by atoms with Crippen molar-refractivity contribution in [2.45, 2.75) is 19.4 Å². The van der Waals surface area contributed by atoms with Crippen LogP contribution in [0.3, 0.4) is 0 Å². The molecule has 1 amide bonds. The van der Waals surface area contributed by atoms with Crippen molar-refractivity contribution >= 4 is 23.3 Å². The van der Waals surface area contributed by atoms with Crippen LogP contribution in [0.5, 0.6) is 0 Å². The van der Waals surface area contributed by atoms with Crippen molar-refractivity contribution in [2.24, 2.45) is 0 Å². The number of nitrogens with zero attached hydrogens (tertiary/aromatic N) is 3. The Morgan fingerprint density at radius 1 is 1.63 bits per heavy atom. The van der Waals surface area contributed by atoms with E-state index in [0.29, 0.717) is 31.3 Å². The quantitative estimate of drug-likeness (QED) is 0.825. The van der Waals surface area contributed by atoms with Gasteiger partial charge in [-0.1, -0.05) is 18.5 Å². The Kier molecular flexibility index (Phi) is 4.55. The monoisotopic (exact) mass is 284 g/mol. The molecule has 0 aromatic carbocycles. The van der Waals surface area contributed by atoms with Gasteiger partial charge in [-0.15, -0.1) is 0 Å². The number of aromatic nitrogens is 2. The number of nitrogens with one attached hydrogen (secondary N) is 1. The fraction of sp³-hybridized carbons (Fsp3) is 0.583. The Labute approximate surface area is 117 Å². The first-order valence-electron chi connectivity index (χ1n) is 6.24. The summed E-state index contributed by atoms with van der Waals surface area (Å²) >= 11 is 6.10. The Morgan fingerprint density at radius 3 is 3.11 bits per heavy atom. The second-order valence-corrected chi connectivity index (χ2v) is 4.58. The van der Waals surface area contributed by atoms with Gasteiger partial charge in [0.05, 0.1) is 13.2 Å². The van der Waals surface area contributed by atoms with Crippen molar-refractivity contribution in [1.82, 2.24) is 15.3 Å². The predicted molar refractivity (Wildman–Crippen MR) is 72.4 cm³/mol. The van der Waals surface area contributed by atoms with E-state index in [4.69, 9.17) is 16.3 Å². The molecule has 0 radical (unpaired) electrons. The van der Waals surface area contributed by atoms with Crippen molar-refractivity contribution in [3.8, 4) is 0 Å². The smallest absolute Gasteiger partial charge is 0.244 e. The Hall–Kier alpha value is -1.40. The molecule has 1 saturated heterocycles. The molecule has 6 nitrogen and oxygen atoms in total. The molecule has 1 aromatic heterocycles. The highest BCUT2D eigenvalue weighted by Gasteiger charge is 2.31. The molecule has 2 heterocycles. The lowest BCUT2D eigenvalue weighted by Gasteiger charge is -2.36. The molecular formula is C12H17ClN4O2. The number of rotatable bonds is 3. The molecule has 1 atom stereocenters. The molecule has 0 spiro atoms. The summed E-state index contributed by atoms with van der Waals surface area (Å²) < 4.78 is 5.38. The van der Waals surface area contributed by atoms with Gasteiger partial charge in [0.1, 0.15) is 23.3 Å². The largest absolute Gasteiger partial charge is 0.377 e. The van der Waals surface area contributed by atoms with Crippen LogP contribution in [-0.4, -0.2) is 48.7 Å². The number of carbonyl (C=O) groups excluding carboxylic acids is 1. The molecule has 1 unspecified atom stereocenters. The van der Waals surface area contributed by atoms with Gasteiger partial charge in [0.25, 0.3) is 0 Å². The van der Waals surface area contributed by atoms with Gasteiger partial charge in [-0.25, -0.2) is 9.97 Å². The zero-order chi connectivity index (χ0) is 13.8. The molecule has 0 aliphatic carbocycles. The molecule has 1 aliphatic heterocycles. The van der Waals surface area contributed by atoms with Crippen molar-refractivity contribution in [1.29, 1.82) is 0 Å². The topological polar surface area (TPSA) is 67.3 Å². The number of likely N-dealkylation sites (N-methyl/N-ethyl adjacent to an activating group) is 1. The lowest BCUT2D eigenvalue weighted by atomic mass is 10.1. The third kappa shape index (κ3) is 2.79. The first-order chi connectivity index (χ1) is 9.19. The molecule has 104 valence electrons. The first-order valence-corrected chi connectivity index (χ1v) is 6.62. The highest BCUT2D eigenvalue weighted by molar-refractivity contribution is 6.30. The summed E-state index contributed by atoms with van der Waals surface area (Å²) in [6, 6.07) is -0.380. The number of amides is 1. The standard InChI is InChI=1S/C12H17ClN4O2/c1-3-8-10(13)15-7-16-11(8)17-4-5-19-6-9(17)12(18)14-2/h7,9H,3-6H2,1-2H3,(H,14,18). The van der Waals surface area contributed by atoms with Gasteiger partial charge < -0.3 is 15.0 Å². The van der Waals surface area contributed by atoms with E-state index >= 15 is 0 Å². The second-order valence-electron chi connectivity index (χ2n) is 4.22. The minimum atomic E-state index is -0.380. The average Bonchev–Trinajstić information content (AvgIpc) is 2.46. The fourth-order valence-electron chi connectivity index (χ4n) is 2.17. The minimum Gasteiger partial charge on any atom is -0.377 e. The van der Waals surface area contributed by atoms with Crippen LogP contribution in [0, 0.1) is 0 Å². The summed E-state index contributed by atoms with van der Waals surface area (Å²) in [6.07, 6.45) is 2.14. The van der Waals surface area contributed by atoms with E-state index in [1.54, 1.807) is 7.05 Å². The van der Waals surface area contributed by atoms with Crippen molar-refractivity contribution in [3.05, 3.63) is 17.0 Å². The van der Waals surface area contributed by atoms with Gasteiger partial charge >= 0.3 is 0 Å². The van der Waals surface area contributed by atoms with Crippen LogP contribution in [-0.2, 0) is 16.0 Å². The van der Waals surface area contributed by atoms with Crippen LogP contribution < -0.4 is 10.2 Å². The third-order valence-corrected chi connectivity index (χ3v) is 3.50. The lowest BCUT2D eigenvalue weighted by molar-refractivity contribution is -0.124. The third-order valence-electron chi connectivity index (χ3n) is 3.17. The van der Waals surface area contributed by atoms with Crippen LogP contribution in [0.2, 0.25) is 5.15 Å². The molecule has 2 rings (SSSR count). The minimum absolute atomic E-state index is 0.0866. The van der Waals surface area contributed by atoms with Crippen molar-refractivity contribution < 1.29 is 9.53 Å². The van der Waals surface area contributed by atoms with Crippen LogP contribution in [0.4, 0.5) is 5.82 Å². The highest BCUT2D eigenvalue weighted by Crippen LogP contribution is 2.26. The summed E-state index contributed by atoms with van der Waals surface area (Å²) in [5.41, 5.74) is 0.861. The number of carbonyl (C=O) groups is 1. The lowest BCUT2D eigenvalue weighted by Crippen LogP contribution is -2.54. The van der Waals surface area contributed by atoms with E-state index in [-0.39, 0.29) is 11.9 Å². The number of morpholine rings is 1. The summed E-state index contributed by atoms with van der Waals surface area (Å²) in [5, 5.41) is 3.09. The molecular weight excluding hydrogens is 268 g/mol. The Bertz CT molecular complexity index is 469. The molecule has 7 heteroatoms. The van der Waals surface area contributed by atoms with Gasteiger partial charge in [0.2, 0.25) is 5.91 Å². The van der Waals surface area contributed by atoms with E-state index in [9.17, 15) is 4.79 Å². The van der Waals surface area contributed by atoms with Crippen molar-refractivity contribution in [2.75, 3.05) is 31.7 Å². The predicted octanol–water partition coefficient (Wildman–Crippen LogP) is 0.644. The average molecular weight is 285 g/mol. The summed E-state index contributed by atoms with van der Waals surface area (Å²) in [5.74, 6) is 0.635. The van der Waals surface area contributed by atoms with Crippen LogP contribution in [0.25, 0.3) is 0 Å². The molecule has 1 aliphatic rings. The molecule has 1 aromatic rings. The van der Waals surface area contributed by atoms with Gasteiger partial charge in [-0.2, -0.15) is 0 Å². The number of halogens is 1. The number of anilines is 1. The van der Waals surface area contributed by atoms with Crippen LogP contribution in [0.1, 0.15) is 12.5 Å².